The van der Waals surface area contributed by atoms with Gasteiger partial charge in [-0.2, -0.15) is 0 Å². The molecule has 2 amide bonds. The molecular formula is C15H13ClN4O3. The number of carbonyl (C=O) groups is 2. The molecule has 0 bridgehead atoms. The normalized spacial score (nSPS) is 14.3. The number of amides is 2. The number of aliphatic hydroxyl groups is 1. The Morgan fingerprint density at radius 3 is 2.83 bits per heavy atom. The van der Waals surface area contributed by atoms with E-state index in [-0.39, 0.29) is 18.8 Å². The first-order valence-electron chi connectivity index (χ1n) is 6.83. The summed E-state index contributed by atoms with van der Waals surface area (Å²) in [4.78, 5) is 29.0. The number of β-amino-alcohol motifs (C(OH)–C–C–N with tert-alkyl or cyclic N) is 1. The third-order valence-electron chi connectivity index (χ3n) is 3.34. The van der Waals surface area contributed by atoms with Gasteiger partial charge in [-0.15, -0.1) is 0 Å². The number of carbonyl (C=O) groups excluding carboxylic acids is 2. The van der Waals surface area contributed by atoms with Crippen molar-refractivity contribution in [2.45, 2.75) is 0 Å². The number of imide groups is 1. The number of benzene rings is 1. The average Bonchev–Trinajstić information content (AvgIpc) is 3.13. The molecule has 2 N–H and O–H groups in total. The van der Waals surface area contributed by atoms with Gasteiger partial charge < -0.3 is 15.0 Å². The highest BCUT2D eigenvalue weighted by Crippen LogP contribution is 2.27. The maximum absolute atomic E-state index is 12.2. The highest BCUT2D eigenvalue weighted by Gasteiger charge is 2.31. The first-order chi connectivity index (χ1) is 11.1. The van der Waals surface area contributed by atoms with Crippen molar-refractivity contribution in [3.05, 3.63) is 53.7 Å². The molecule has 118 valence electrons. The molecule has 2 aromatic rings. The maximum Gasteiger partial charge on any atom is 0.277 e. The molecule has 8 heteroatoms. The second-order valence-corrected chi connectivity index (χ2v) is 5.27. The molecule has 1 aliphatic heterocycles. The van der Waals surface area contributed by atoms with Crippen molar-refractivity contribution in [3.8, 4) is 5.69 Å². The van der Waals surface area contributed by atoms with Gasteiger partial charge >= 0.3 is 0 Å². The minimum atomic E-state index is -0.486. The number of aromatic nitrogens is 2. The molecule has 0 saturated carbocycles. The van der Waals surface area contributed by atoms with E-state index in [0.717, 1.165) is 10.6 Å². The third kappa shape index (κ3) is 2.96. The summed E-state index contributed by atoms with van der Waals surface area (Å²) in [5, 5.41) is 12.4. The zero-order valence-electron chi connectivity index (χ0n) is 11.9. The van der Waals surface area contributed by atoms with Crippen LogP contribution in [0.4, 0.5) is 5.69 Å². The van der Waals surface area contributed by atoms with Crippen molar-refractivity contribution < 1.29 is 14.7 Å². The maximum atomic E-state index is 12.2. The van der Waals surface area contributed by atoms with E-state index in [4.69, 9.17) is 16.7 Å². The Morgan fingerprint density at radius 2 is 2.13 bits per heavy atom. The summed E-state index contributed by atoms with van der Waals surface area (Å²) < 4.78 is 1.76. The van der Waals surface area contributed by atoms with Gasteiger partial charge in [0.2, 0.25) is 0 Å². The lowest BCUT2D eigenvalue weighted by molar-refractivity contribution is -0.137. The van der Waals surface area contributed by atoms with E-state index >= 15 is 0 Å². The summed E-state index contributed by atoms with van der Waals surface area (Å²) in [5.41, 5.74) is 1.43. The van der Waals surface area contributed by atoms with Crippen molar-refractivity contribution >= 4 is 29.1 Å². The second kappa shape index (κ2) is 6.23. The summed E-state index contributed by atoms with van der Waals surface area (Å²) in [6.45, 7) is -0.320. The molecular weight excluding hydrogens is 320 g/mol. The fourth-order valence-electron chi connectivity index (χ4n) is 2.29. The van der Waals surface area contributed by atoms with Gasteiger partial charge in [-0.3, -0.25) is 14.5 Å². The van der Waals surface area contributed by atoms with Crippen molar-refractivity contribution in [1.29, 1.82) is 0 Å². The van der Waals surface area contributed by atoms with Crippen molar-refractivity contribution in [2.75, 3.05) is 18.5 Å². The number of nitrogens with zero attached hydrogens (tertiary/aromatic N) is 3. The number of anilines is 1. The van der Waals surface area contributed by atoms with E-state index in [1.165, 1.54) is 6.08 Å². The van der Waals surface area contributed by atoms with Crippen LogP contribution < -0.4 is 5.32 Å². The van der Waals surface area contributed by atoms with E-state index < -0.39 is 11.8 Å². The van der Waals surface area contributed by atoms with Crippen LogP contribution >= 0.6 is 11.6 Å². The van der Waals surface area contributed by atoms with Crippen molar-refractivity contribution in [1.82, 2.24) is 14.5 Å². The lowest BCUT2D eigenvalue weighted by atomic mass is 10.2. The molecule has 0 fully saturated rings. The number of imidazole rings is 1. The van der Waals surface area contributed by atoms with Crippen LogP contribution in [0.2, 0.25) is 5.02 Å². The first kappa shape index (κ1) is 15.3. The smallest absolute Gasteiger partial charge is 0.277 e. The molecule has 7 nitrogen and oxygen atoms in total. The van der Waals surface area contributed by atoms with Gasteiger partial charge in [0.05, 0.1) is 30.9 Å². The Labute approximate surface area is 136 Å². The van der Waals surface area contributed by atoms with Gasteiger partial charge in [0, 0.05) is 23.5 Å². The lowest BCUT2D eigenvalue weighted by Gasteiger charge is -2.15. The van der Waals surface area contributed by atoms with Crippen LogP contribution in [0.25, 0.3) is 5.69 Å². The Morgan fingerprint density at radius 1 is 1.30 bits per heavy atom. The lowest BCUT2D eigenvalue weighted by Crippen LogP contribution is -2.34. The molecule has 1 aromatic heterocycles. The van der Waals surface area contributed by atoms with Gasteiger partial charge in [0.25, 0.3) is 11.8 Å². The Bertz CT molecular complexity index is 786. The highest BCUT2D eigenvalue weighted by molar-refractivity contribution is 6.31. The summed E-state index contributed by atoms with van der Waals surface area (Å²) in [7, 11) is 0. The Balaban J connectivity index is 1.92. The summed E-state index contributed by atoms with van der Waals surface area (Å²) in [6.07, 6.45) is 6.20. The molecule has 0 aliphatic carbocycles. The third-order valence-corrected chi connectivity index (χ3v) is 3.58. The number of hydrogen-bond donors (Lipinski definition) is 2. The first-order valence-corrected chi connectivity index (χ1v) is 7.21. The van der Waals surface area contributed by atoms with Crippen molar-refractivity contribution in [3.63, 3.8) is 0 Å². The summed E-state index contributed by atoms with van der Waals surface area (Å²) >= 11 is 6.03. The van der Waals surface area contributed by atoms with E-state index in [1.807, 2.05) is 0 Å². The predicted molar refractivity (Wildman–Crippen MR) is 84.1 cm³/mol. The average molecular weight is 333 g/mol. The minimum Gasteiger partial charge on any atom is -0.395 e. The van der Waals surface area contributed by atoms with Gasteiger partial charge in [0.1, 0.15) is 5.70 Å². The zero-order chi connectivity index (χ0) is 16.4. The fourth-order valence-corrected chi connectivity index (χ4v) is 2.46. The molecule has 3 rings (SSSR count). The molecule has 0 radical (unpaired) electrons. The van der Waals surface area contributed by atoms with Gasteiger partial charge in [-0.05, 0) is 18.2 Å². The second-order valence-electron chi connectivity index (χ2n) is 4.83. The molecule has 0 spiro atoms. The summed E-state index contributed by atoms with van der Waals surface area (Å²) in [5.74, 6) is -0.946. The topological polar surface area (TPSA) is 87.5 Å². The highest BCUT2D eigenvalue weighted by atomic mass is 35.5. The zero-order valence-corrected chi connectivity index (χ0v) is 12.7. The molecule has 1 aliphatic rings. The van der Waals surface area contributed by atoms with Crippen LogP contribution in [0.3, 0.4) is 0 Å². The van der Waals surface area contributed by atoms with Gasteiger partial charge in [-0.25, -0.2) is 4.98 Å². The molecule has 0 atom stereocenters. The molecule has 0 unspecified atom stereocenters. The van der Waals surface area contributed by atoms with Crippen molar-refractivity contribution in [2.24, 2.45) is 0 Å². The van der Waals surface area contributed by atoms with E-state index in [2.05, 4.69) is 10.3 Å². The number of rotatable bonds is 5. The monoisotopic (exact) mass is 332 g/mol. The Kier molecular flexibility index (Phi) is 4.14. The summed E-state index contributed by atoms with van der Waals surface area (Å²) in [6, 6.07) is 5.15. The predicted octanol–water partition coefficient (Wildman–Crippen LogP) is 1.18. The molecule has 1 aromatic carbocycles. The van der Waals surface area contributed by atoms with Crippen LogP contribution in [-0.2, 0) is 9.59 Å². The van der Waals surface area contributed by atoms with Crippen LogP contribution in [0, 0.1) is 0 Å². The molecule has 23 heavy (non-hydrogen) atoms. The molecule has 0 saturated heterocycles. The number of aliphatic hydroxyl groups excluding tert-OH is 1. The largest absolute Gasteiger partial charge is 0.395 e. The number of nitrogens with one attached hydrogen (secondary N) is 1. The SMILES string of the molecule is O=C1C=C(Nc2cc(Cl)ccc2-n2ccnc2)C(=O)N1CCO. The van der Waals surface area contributed by atoms with E-state index in [0.29, 0.717) is 10.7 Å². The van der Waals surface area contributed by atoms with Gasteiger partial charge in [-0.1, -0.05) is 11.6 Å². The quantitative estimate of drug-likeness (QED) is 0.803. The van der Waals surface area contributed by atoms with Crippen LogP contribution in [-0.4, -0.2) is 44.5 Å². The van der Waals surface area contributed by atoms with Crippen LogP contribution in [0.15, 0.2) is 48.7 Å². The standard InChI is InChI=1S/C15H13ClN4O3/c16-10-1-2-13(19-4-3-17-9-19)11(7-10)18-12-8-14(22)20(5-6-21)15(12)23/h1-4,7-9,18,21H,5-6H2. The Hall–Kier alpha value is -2.64. The number of halogens is 1. The van der Waals surface area contributed by atoms with Gasteiger partial charge in [0.15, 0.2) is 0 Å². The number of hydrogen-bond acceptors (Lipinski definition) is 5. The molecule has 2 heterocycles. The van der Waals surface area contributed by atoms with Crippen LogP contribution in [0.5, 0.6) is 0 Å². The van der Waals surface area contributed by atoms with E-state index in [1.54, 1.807) is 41.5 Å². The minimum absolute atomic E-state index is 0.0384. The van der Waals surface area contributed by atoms with Crippen LogP contribution in [0.1, 0.15) is 0 Å². The van der Waals surface area contributed by atoms with E-state index in [9.17, 15) is 9.59 Å². The fraction of sp³-hybridized carbons (Fsp3) is 0.133.